The van der Waals surface area contributed by atoms with Crippen molar-refractivity contribution >= 4 is 5.78 Å². The van der Waals surface area contributed by atoms with E-state index < -0.39 is 0 Å². The van der Waals surface area contributed by atoms with Crippen LogP contribution in [0.4, 0.5) is 0 Å². The Morgan fingerprint density at radius 2 is 1.90 bits per heavy atom. The number of fused-ring (bicyclic) bond motifs is 1. The van der Waals surface area contributed by atoms with Crippen LogP contribution in [0.3, 0.4) is 0 Å². The van der Waals surface area contributed by atoms with Gasteiger partial charge in [0.2, 0.25) is 0 Å². The van der Waals surface area contributed by atoms with Crippen LogP contribution >= 0.6 is 0 Å². The molecule has 0 spiro atoms. The first-order chi connectivity index (χ1) is 14.6. The second-order valence-electron chi connectivity index (χ2n) is 7.42. The van der Waals surface area contributed by atoms with E-state index in [-0.39, 0.29) is 11.9 Å². The number of nitrogens with zero attached hydrogens (tertiary/aromatic N) is 1. The Balaban J connectivity index is 1.76. The summed E-state index contributed by atoms with van der Waals surface area (Å²) in [7, 11) is 0. The van der Waals surface area contributed by atoms with Crippen LogP contribution in [0.15, 0.2) is 60.7 Å². The van der Waals surface area contributed by atoms with Crippen molar-refractivity contribution in [3.63, 3.8) is 0 Å². The molecule has 1 aliphatic heterocycles. The van der Waals surface area contributed by atoms with Crippen LogP contribution in [0.5, 0.6) is 11.5 Å². The summed E-state index contributed by atoms with van der Waals surface area (Å²) >= 11 is 0. The van der Waals surface area contributed by atoms with Crippen LogP contribution in [0.25, 0.3) is 0 Å². The molecular weight excluding hydrogens is 374 g/mol. The highest BCUT2D eigenvalue weighted by molar-refractivity contribution is 6.00. The summed E-state index contributed by atoms with van der Waals surface area (Å²) in [6, 6.07) is 21.6. The molecule has 0 fully saturated rings. The van der Waals surface area contributed by atoms with Gasteiger partial charge in [-0.25, -0.2) is 0 Å². The van der Waals surface area contributed by atoms with Gasteiger partial charge < -0.3 is 9.47 Å². The molecule has 4 rings (SSSR count). The van der Waals surface area contributed by atoms with Gasteiger partial charge in [0.1, 0.15) is 17.6 Å². The summed E-state index contributed by atoms with van der Waals surface area (Å²) < 4.78 is 12.3. The third-order valence-corrected chi connectivity index (χ3v) is 5.48. The monoisotopic (exact) mass is 397 g/mol. The molecule has 4 nitrogen and oxygen atoms in total. The Bertz CT molecular complexity index is 1130. The van der Waals surface area contributed by atoms with E-state index in [9.17, 15) is 4.79 Å². The standard InChI is InChI=1S/C26H23NO3/c1-3-18-5-4-6-21(15-18)26(20-9-7-19(16-27)8-10-20)30-24-12-11-22-23(28)13-14-29-25(22)17(24)2/h4-12,15,26H,3,13-14H2,1-2H3. The highest BCUT2D eigenvalue weighted by Gasteiger charge is 2.24. The van der Waals surface area contributed by atoms with Crippen LogP contribution in [0, 0.1) is 18.3 Å². The van der Waals surface area contributed by atoms with Crippen LogP contribution in [-0.2, 0) is 6.42 Å². The second kappa shape index (κ2) is 8.42. The van der Waals surface area contributed by atoms with Gasteiger partial charge in [-0.1, -0.05) is 43.3 Å². The molecule has 1 unspecified atom stereocenters. The molecule has 150 valence electrons. The molecule has 0 N–H and O–H groups in total. The molecule has 0 bridgehead atoms. The molecule has 30 heavy (non-hydrogen) atoms. The SMILES string of the molecule is CCc1cccc(C(Oc2ccc3c(c2C)OCCC3=O)c2ccc(C#N)cc2)c1. The third-order valence-electron chi connectivity index (χ3n) is 5.48. The number of ketones is 1. The van der Waals surface area contributed by atoms with Crippen molar-refractivity contribution in [2.45, 2.75) is 32.8 Å². The number of Topliss-reactive ketones (excluding diaryl/α,β-unsaturated/α-hetero) is 1. The first kappa shape index (κ1) is 19.7. The van der Waals surface area contributed by atoms with E-state index in [1.165, 1.54) is 5.56 Å². The lowest BCUT2D eigenvalue weighted by Gasteiger charge is -2.25. The van der Waals surface area contributed by atoms with Gasteiger partial charge in [-0.15, -0.1) is 0 Å². The van der Waals surface area contributed by atoms with E-state index in [1.807, 2.05) is 31.2 Å². The summed E-state index contributed by atoms with van der Waals surface area (Å²) in [6.07, 6.45) is 0.992. The van der Waals surface area contributed by atoms with Crippen LogP contribution in [0.1, 0.15) is 57.6 Å². The first-order valence-corrected chi connectivity index (χ1v) is 10.2. The maximum Gasteiger partial charge on any atom is 0.170 e. The number of rotatable bonds is 5. The summed E-state index contributed by atoms with van der Waals surface area (Å²) in [4.78, 5) is 12.2. The number of carbonyl (C=O) groups excluding carboxylic acids is 1. The summed E-state index contributed by atoms with van der Waals surface area (Å²) in [5.41, 5.74) is 5.27. The fourth-order valence-corrected chi connectivity index (χ4v) is 3.75. The minimum absolute atomic E-state index is 0.102. The normalized spacial score (nSPS) is 13.7. The number of hydrogen-bond donors (Lipinski definition) is 0. The zero-order valence-corrected chi connectivity index (χ0v) is 17.1. The van der Waals surface area contributed by atoms with Crippen LogP contribution in [0.2, 0.25) is 0 Å². The average molecular weight is 397 g/mol. The van der Waals surface area contributed by atoms with Crippen LogP contribution < -0.4 is 9.47 Å². The number of carbonyl (C=O) groups is 1. The summed E-state index contributed by atoms with van der Waals surface area (Å²) in [5, 5.41) is 9.14. The van der Waals surface area contributed by atoms with Gasteiger partial charge in [0.05, 0.1) is 23.8 Å². The van der Waals surface area contributed by atoms with Gasteiger partial charge in [0.25, 0.3) is 0 Å². The second-order valence-corrected chi connectivity index (χ2v) is 7.42. The number of benzene rings is 3. The number of ether oxygens (including phenoxy) is 2. The fourth-order valence-electron chi connectivity index (χ4n) is 3.75. The largest absolute Gasteiger partial charge is 0.492 e. The molecule has 1 atom stereocenters. The minimum atomic E-state index is -0.347. The lowest BCUT2D eigenvalue weighted by atomic mass is 9.97. The van der Waals surface area contributed by atoms with E-state index in [2.05, 4.69) is 31.2 Å². The van der Waals surface area contributed by atoms with Crippen molar-refractivity contribution in [3.05, 3.63) is 94.0 Å². The van der Waals surface area contributed by atoms with E-state index in [1.54, 1.807) is 18.2 Å². The Hall–Kier alpha value is -3.58. The Morgan fingerprint density at radius 3 is 2.63 bits per heavy atom. The predicted octanol–water partition coefficient (Wildman–Crippen LogP) is 5.56. The molecule has 1 heterocycles. The Labute approximate surface area is 176 Å². The van der Waals surface area contributed by atoms with Crippen molar-refractivity contribution in [1.29, 1.82) is 5.26 Å². The molecule has 0 aromatic heterocycles. The average Bonchev–Trinajstić information content (AvgIpc) is 2.79. The molecular formula is C26H23NO3. The van der Waals surface area contributed by atoms with E-state index in [4.69, 9.17) is 14.7 Å². The van der Waals surface area contributed by atoms with Gasteiger partial charge in [-0.05, 0) is 54.3 Å². The Kier molecular flexibility index (Phi) is 5.54. The molecule has 4 heteroatoms. The lowest BCUT2D eigenvalue weighted by molar-refractivity contribution is 0.0932. The molecule has 0 amide bonds. The van der Waals surface area contributed by atoms with Crippen molar-refractivity contribution in [2.75, 3.05) is 6.61 Å². The van der Waals surface area contributed by atoms with Crippen molar-refractivity contribution in [1.82, 2.24) is 0 Å². The summed E-state index contributed by atoms with van der Waals surface area (Å²) in [5.74, 6) is 1.40. The zero-order valence-electron chi connectivity index (χ0n) is 17.1. The topological polar surface area (TPSA) is 59.3 Å². The van der Waals surface area contributed by atoms with Gasteiger partial charge >= 0.3 is 0 Å². The number of hydrogen-bond acceptors (Lipinski definition) is 4. The van der Waals surface area contributed by atoms with Gasteiger partial charge in [-0.2, -0.15) is 5.26 Å². The molecule has 1 aliphatic rings. The molecule has 0 aliphatic carbocycles. The van der Waals surface area contributed by atoms with E-state index in [0.717, 1.165) is 23.1 Å². The third kappa shape index (κ3) is 3.79. The highest BCUT2D eigenvalue weighted by atomic mass is 16.5. The minimum Gasteiger partial charge on any atom is -0.492 e. The smallest absolute Gasteiger partial charge is 0.170 e. The van der Waals surface area contributed by atoms with Gasteiger partial charge in [0, 0.05) is 12.0 Å². The number of aryl methyl sites for hydroxylation is 1. The van der Waals surface area contributed by atoms with Gasteiger partial charge in [-0.3, -0.25) is 4.79 Å². The zero-order chi connectivity index (χ0) is 21.1. The maximum atomic E-state index is 12.2. The lowest BCUT2D eigenvalue weighted by Crippen LogP contribution is -2.17. The maximum absolute atomic E-state index is 12.2. The number of nitriles is 1. The van der Waals surface area contributed by atoms with Crippen LogP contribution in [-0.4, -0.2) is 12.4 Å². The fraction of sp³-hybridized carbons (Fsp3) is 0.231. The first-order valence-electron chi connectivity index (χ1n) is 10.2. The molecule has 0 saturated carbocycles. The highest BCUT2D eigenvalue weighted by Crippen LogP contribution is 2.38. The van der Waals surface area contributed by atoms with Gasteiger partial charge in [0.15, 0.2) is 5.78 Å². The molecule has 3 aromatic rings. The van der Waals surface area contributed by atoms with Crippen molar-refractivity contribution in [2.24, 2.45) is 0 Å². The van der Waals surface area contributed by atoms with E-state index >= 15 is 0 Å². The molecule has 3 aromatic carbocycles. The molecule has 0 saturated heterocycles. The molecule has 0 radical (unpaired) electrons. The summed E-state index contributed by atoms with van der Waals surface area (Å²) in [6.45, 7) is 4.44. The van der Waals surface area contributed by atoms with E-state index in [0.29, 0.717) is 35.7 Å². The Morgan fingerprint density at radius 1 is 1.10 bits per heavy atom. The van der Waals surface area contributed by atoms with Crippen molar-refractivity contribution < 1.29 is 14.3 Å². The predicted molar refractivity (Wildman–Crippen MR) is 115 cm³/mol. The quantitative estimate of drug-likeness (QED) is 0.565. The van der Waals surface area contributed by atoms with Crippen molar-refractivity contribution in [3.8, 4) is 17.6 Å².